The highest BCUT2D eigenvalue weighted by Crippen LogP contribution is 1.99. The molecule has 0 atom stereocenters. The van der Waals surface area contributed by atoms with Crippen molar-refractivity contribution < 1.29 is 14.3 Å². The zero-order valence-electron chi connectivity index (χ0n) is 10.8. The van der Waals surface area contributed by atoms with E-state index in [1.54, 1.807) is 6.08 Å². The number of hydrogen-bond donors (Lipinski definition) is 1. The van der Waals surface area contributed by atoms with E-state index in [4.69, 9.17) is 5.73 Å². The van der Waals surface area contributed by atoms with E-state index in [-0.39, 0.29) is 5.97 Å². The number of carbonyl (C=O) groups excluding carboxylic acids is 2. The summed E-state index contributed by atoms with van der Waals surface area (Å²) in [5.41, 5.74) is 5.89. The fourth-order valence-corrected chi connectivity index (χ4v) is 1.05. The lowest BCUT2D eigenvalue weighted by atomic mass is 10.2. The number of hydrogen-bond acceptors (Lipinski definition) is 3. The lowest BCUT2D eigenvalue weighted by Gasteiger charge is -1.91. The Morgan fingerprint density at radius 2 is 1.89 bits per heavy atom. The zero-order valence-corrected chi connectivity index (χ0v) is 10.8. The van der Waals surface area contributed by atoms with E-state index in [2.05, 4.69) is 4.74 Å². The molecule has 2 N–H and O–H groups in total. The Labute approximate surface area is 107 Å². The average Bonchev–Trinajstić information content (AvgIpc) is 2.38. The highest BCUT2D eigenvalue weighted by molar-refractivity contribution is 5.90. The van der Waals surface area contributed by atoms with Crippen molar-refractivity contribution in [3.63, 3.8) is 0 Å². The molecular formula is C14H19NO3. The third-order valence-electron chi connectivity index (χ3n) is 1.92. The number of primary amides is 1. The van der Waals surface area contributed by atoms with Gasteiger partial charge in [-0.3, -0.25) is 9.59 Å². The van der Waals surface area contributed by atoms with Gasteiger partial charge in [0.1, 0.15) is 0 Å². The fraction of sp³-hybridized carbons (Fsp3) is 0.286. The van der Waals surface area contributed by atoms with E-state index in [1.807, 2.05) is 37.3 Å². The highest BCUT2D eigenvalue weighted by Gasteiger charge is 1.92. The minimum Gasteiger partial charge on any atom is -0.469 e. The Morgan fingerprint density at radius 3 is 2.28 bits per heavy atom. The molecule has 0 fully saturated rings. The molecule has 0 aliphatic carbocycles. The van der Waals surface area contributed by atoms with Gasteiger partial charge in [-0.25, -0.2) is 0 Å². The standard InChI is InChI=1S/C9H9NO.C5H10O2/c10-9(11)7-6-8-4-2-1-3-5-8;1-3-4-5(6)7-2/h1-7H,(H2,10,11);3-4H2,1-2H3. The van der Waals surface area contributed by atoms with Crippen molar-refractivity contribution in [2.24, 2.45) is 5.73 Å². The second-order valence-corrected chi connectivity index (χ2v) is 3.47. The molecule has 0 spiro atoms. The first-order chi connectivity index (χ1) is 8.60. The van der Waals surface area contributed by atoms with Gasteiger partial charge in [-0.1, -0.05) is 37.3 Å². The van der Waals surface area contributed by atoms with E-state index in [1.165, 1.54) is 13.2 Å². The molecule has 1 aromatic carbocycles. The first kappa shape index (κ1) is 15.9. The van der Waals surface area contributed by atoms with E-state index in [9.17, 15) is 9.59 Å². The third-order valence-corrected chi connectivity index (χ3v) is 1.92. The largest absolute Gasteiger partial charge is 0.469 e. The minimum absolute atomic E-state index is 0.123. The summed E-state index contributed by atoms with van der Waals surface area (Å²) in [5.74, 6) is -0.545. The molecule has 1 amide bonds. The number of ether oxygens (including phenoxy) is 1. The van der Waals surface area contributed by atoms with Crippen LogP contribution in [0.25, 0.3) is 6.08 Å². The maximum absolute atomic E-state index is 10.3. The normalized spacial score (nSPS) is 9.44. The number of nitrogens with two attached hydrogens (primary N) is 1. The SMILES string of the molecule is CCCC(=O)OC.NC(=O)C=Cc1ccccc1. The van der Waals surface area contributed by atoms with Gasteiger partial charge in [0.15, 0.2) is 0 Å². The molecule has 1 aromatic rings. The van der Waals surface area contributed by atoms with Crippen molar-refractivity contribution in [3.8, 4) is 0 Å². The predicted octanol–water partition coefficient (Wildman–Crippen LogP) is 2.14. The maximum Gasteiger partial charge on any atom is 0.305 e. The van der Waals surface area contributed by atoms with Crippen LogP contribution in [0.2, 0.25) is 0 Å². The van der Waals surface area contributed by atoms with Gasteiger partial charge < -0.3 is 10.5 Å². The van der Waals surface area contributed by atoms with Crippen molar-refractivity contribution in [2.45, 2.75) is 19.8 Å². The summed E-state index contributed by atoms with van der Waals surface area (Å²) in [4.78, 5) is 20.5. The van der Waals surface area contributed by atoms with Crippen LogP contribution in [0.15, 0.2) is 36.4 Å². The maximum atomic E-state index is 10.3. The summed E-state index contributed by atoms with van der Waals surface area (Å²) in [6.07, 6.45) is 4.43. The molecule has 0 radical (unpaired) electrons. The molecule has 0 aliphatic heterocycles. The highest BCUT2D eigenvalue weighted by atomic mass is 16.5. The molecule has 0 saturated heterocycles. The van der Waals surface area contributed by atoms with E-state index in [0.29, 0.717) is 6.42 Å². The zero-order chi connectivity index (χ0) is 13.8. The van der Waals surface area contributed by atoms with Crippen LogP contribution in [0.4, 0.5) is 0 Å². The quantitative estimate of drug-likeness (QED) is 0.656. The van der Waals surface area contributed by atoms with Gasteiger partial charge in [-0.05, 0) is 18.1 Å². The number of amides is 1. The summed E-state index contributed by atoms with van der Waals surface area (Å²) in [5, 5.41) is 0. The van der Waals surface area contributed by atoms with Gasteiger partial charge in [-0.2, -0.15) is 0 Å². The number of methoxy groups -OCH3 is 1. The molecule has 0 aliphatic rings. The Hall–Kier alpha value is -2.10. The lowest BCUT2D eigenvalue weighted by Crippen LogP contribution is -2.04. The number of rotatable bonds is 4. The molecule has 18 heavy (non-hydrogen) atoms. The molecule has 4 nitrogen and oxygen atoms in total. The topological polar surface area (TPSA) is 69.4 Å². The van der Waals surface area contributed by atoms with Gasteiger partial charge >= 0.3 is 5.97 Å². The van der Waals surface area contributed by atoms with Gasteiger partial charge in [0.25, 0.3) is 0 Å². The third kappa shape index (κ3) is 9.15. The number of esters is 1. The molecule has 0 saturated carbocycles. The molecule has 0 unspecified atom stereocenters. The molecule has 0 bridgehead atoms. The van der Waals surface area contributed by atoms with Gasteiger partial charge in [-0.15, -0.1) is 0 Å². The number of benzene rings is 1. The minimum atomic E-state index is -0.422. The molecule has 98 valence electrons. The van der Waals surface area contributed by atoms with E-state index >= 15 is 0 Å². The fourth-order valence-electron chi connectivity index (χ4n) is 1.05. The van der Waals surface area contributed by atoms with Gasteiger partial charge in [0.05, 0.1) is 7.11 Å². The first-order valence-corrected chi connectivity index (χ1v) is 5.69. The summed E-state index contributed by atoms with van der Waals surface area (Å²) in [6.45, 7) is 1.94. The van der Waals surface area contributed by atoms with Crippen molar-refractivity contribution in [1.82, 2.24) is 0 Å². The van der Waals surface area contributed by atoms with Crippen molar-refractivity contribution in [2.75, 3.05) is 7.11 Å². The molecule has 0 aromatic heterocycles. The second-order valence-electron chi connectivity index (χ2n) is 3.47. The molecule has 1 rings (SSSR count). The molecule has 0 heterocycles. The van der Waals surface area contributed by atoms with Crippen LogP contribution >= 0.6 is 0 Å². The Morgan fingerprint density at radius 1 is 1.28 bits per heavy atom. The summed E-state index contributed by atoms with van der Waals surface area (Å²) in [6, 6.07) is 9.53. The summed E-state index contributed by atoms with van der Waals surface area (Å²) >= 11 is 0. The van der Waals surface area contributed by atoms with E-state index in [0.717, 1.165) is 12.0 Å². The second kappa shape index (κ2) is 10.1. The van der Waals surface area contributed by atoms with Crippen molar-refractivity contribution in [3.05, 3.63) is 42.0 Å². The average molecular weight is 249 g/mol. The summed E-state index contributed by atoms with van der Waals surface area (Å²) < 4.78 is 4.35. The van der Waals surface area contributed by atoms with E-state index < -0.39 is 5.91 Å². The van der Waals surface area contributed by atoms with Crippen LogP contribution < -0.4 is 5.73 Å². The Kier molecular flexibility index (Phi) is 8.90. The van der Waals surface area contributed by atoms with Crippen LogP contribution in [-0.2, 0) is 14.3 Å². The van der Waals surface area contributed by atoms with Crippen LogP contribution in [0, 0.1) is 0 Å². The van der Waals surface area contributed by atoms with Gasteiger partial charge in [0, 0.05) is 12.5 Å². The Balaban J connectivity index is 0.000000360. The van der Waals surface area contributed by atoms with Gasteiger partial charge in [0.2, 0.25) is 5.91 Å². The smallest absolute Gasteiger partial charge is 0.305 e. The predicted molar refractivity (Wildman–Crippen MR) is 71.6 cm³/mol. The lowest BCUT2D eigenvalue weighted by molar-refractivity contribution is -0.140. The molecular weight excluding hydrogens is 230 g/mol. The van der Waals surface area contributed by atoms with Crippen molar-refractivity contribution >= 4 is 18.0 Å². The van der Waals surface area contributed by atoms with Crippen LogP contribution in [0.1, 0.15) is 25.3 Å². The monoisotopic (exact) mass is 249 g/mol. The van der Waals surface area contributed by atoms with Crippen molar-refractivity contribution in [1.29, 1.82) is 0 Å². The number of carbonyl (C=O) groups is 2. The summed E-state index contributed by atoms with van der Waals surface area (Å²) in [7, 11) is 1.40. The molecule has 4 heteroatoms. The Bertz CT molecular complexity index is 385. The van der Waals surface area contributed by atoms with Crippen LogP contribution in [-0.4, -0.2) is 19.0 Å². The van der Waals surface area contributed by atoms with Crippen LogP contribution in [0.3, 0.4) is 0 Å². The van der Waals surface area contributed by atoms with Crippen LogP contribution in [0.5, 0.6) is 0 Å². The first-order valence-electron chi connectivity index (χ1n) is 5.69.